The molecule has 0 aromatic carbocycles. The Bertz CT molecular complexity index is 14.4. The summed E-state index contributed by atoms with van der Waals surface area (Å²) in [6.07, 6.45) is 0. The summed E-state index contributed by atoms with van der Waals surface area (Å²) in [5.41, 5.74) is 0. The Labute approximate surface area is 43.6 Å². The van der Waals surface area contributed by atoms with Gasteiger partial charge in [0.2, 0.25) is 0 Å². The third-order valence-corrected chi connectivity index (χ3v) is 0. The molecule has 0 aliphatic heterocycles. The maximum absolute atomic E-state index is 8.36. The Morgan fingerprint density at radius 2 is 1.60 bits per heavy atom. The first-order valence-electron chi connectivity index (χ1n) is 0.494. The van der Waals surface area contributed by atoms with Crippen molar-refractivity contribution < 1.29 is 36.4 Å². The molecule has 0 heterocycles. The minimum absolute atomic E-state index is 0. The minimum Gasteiger partial charge on any atom is -0.483 e. The summed E-state index contributed by atoms with van der Waals surface area (Å²) in [6.45, 7) is -0.250. The van der Waals surface area contributed by atoms with Crippen molar-refractivity contribution in [2.24, 2.45) is 0 Å². The first kappa shape index (κ1) is 19.3. The van der Waals surface area contributed by atoms with Crippen LogP contribution in [-0.4, -0.2) is 17.1 Å². The van der Waals surface area contributed by atoms with Crippen LogP contribution in [0, 0.1) is 0 Å². The Hall–Kier alpha value is 0.118. The van der Waals surface area contributed by atoms with Gasteiger partial charge in [0.05, 0.1) is 0 Å². The maximum Gasteiger partial charge on any atom is 0.290 e. The van der Waals surface area contributed by atoms with Gasteiger partial charge >= 0.3 is 0 Å². The van der Waals surface area contributed by atoms with Crippen LogP contribution >= 0.6 is 0 Å². The topological polar surface area (TPSA) is 68.8 Å². The molecule has 0 saturated carbocycles. The summed E-state index contributed by atoms with van der Waals surface area (Å²) in [6, 6.07) is 0. The molecule has 0 unspecified atom stereocenters. The third kappa shape index (κ3) is 1320. The van der Waals surface area contributed by atoms with Crippen molar-refractivity contribution in [1.82, 2.24) is 0 Å². The van der Waals surface area contributed by atoms with Crippen LogP contribution in [0.4, 0.5) is 0 Å². The van der Waals surface area contributed by atoms with Gasteiger partial charge in [-0.15, -0.1) is 0 Å². The summed E-state index contributed by atoms with van der Waals surface area (Å²) in [4.78, 5) is 8.36. The van der Waals surface area contributed by atoms with Crippen molar-refractivity contribution in [2.75, 3.05) is 0 Å². The SMILES string of the molecule is O.O=CO.[Mo]. The van der Waals surface area contributed by atoms with Crippen molar-refractivity contribution in [1.29, 1.82) is 0 Å². The van der Waals surface area contributed by atoms with Gasteiger partial charge in [-0.25, -0.2) is 0 Å². The molecule has 0 aromatic heterocycles. The van der Waals surface area contributed by atoms with E-state index in [4.69, 9.17) is 9.90 Å². The molecule has 0 spiro atoms. The van der Waals surface area contributed by atoms with E-state index in [-0.39, 0.29) is 33.0 Å². The molecule has 0 aromatic rings. The Balaban J connectivity index is -0.0000000200. The summed E-state index contributed by atoms with van der Waals surface area (Å²) < 4.78 is 0. The molecule has 4 heteroatoms. The zero-order valence-corrected chi connectivity index (χ0v) is 4.35. The number of hydrogen-bond donors (Lipinski definition) is 1. The van der Waals surface area contributed by atoms with E-state index in [0.717, 1.165) is 0 Å². The van der Waals surface area contributed by atoms with Crippen LogP contribution in [0.1, 0.15) is 0 Å². The fraction of sp³-hybridized carbons (Fsp3) is 0. The molecule has 0 bridgehead atoms. The van der Waals surface area contributed by atoms with Crippen molar-refractivity contribution in [3.63, 3.8) is 0 Å². The van der Waals surface area contributed by atoms with Crippen molar-refractivity contribution in [3.05, 3.63) is 0 Å². The number of carboxylic acid groups (broad SMARTS) is 1. The molecule has 0 fully saturated rings. The molecular weight excluding hydrogens is 156 g/mol. The predicted molar refractivity (Wildman–Crippen MR) is 12.3 cm³/mol. The second-order valence-electron chi connectivity index (χ2n) is 0.105. The average Bonchev–Trinajstić information content (AvgIpc) is 0.918. The van der Waals surface area contributed by atoms with E-state index in [9.17, 15) is 0 Å². The minimum atomic E-state index is -0.250. The number of rotatable bonds is 0. The zero-order valence-electron chi connectivity index (χ0n) is 2.34. The molecule has 5 heavy (non-hydrogen) atoms. The zero-order chi connectivity index (χ0) is 2.71. The fourth-order valence-electron chi connectivity index (χ4n) is 0. The van der Waals surface area contributed by atoms with Crippen LogP contribution in [-0.2, 0) is 25.9 Å². The summed E-state index contributed by atoms with van der Waals surface area (Å²) in [5, 5.41) is 6.89. The molecule has 32 valence electrons. The molecule has 3 nitrogen and oxygen atoms in total. The smallest absolute Gasteiger partial charge is 0.290 e. The Kier molecular flexibility index (Phi) is 124. The van der Waals surface area contributed by atoms with Gasteiger partial charge in [0, 0.05) is 21.1 Å². The van der Waals surface area contributed by atoms with Gasteiger partial charge in [0.1, 0.15) is 0 Å². The van der Waals surface area contributed by atoms with E-state index >= 15 is 0 Å². The van der Waals surface area contributed by atoms with Gasteiger partial charge in [-0.3, -0.25) is 4.79 Å². The molecule has 0 saturated heterocycles. The van der Waals surface area contributed by atoms with Crippen LogP contribution in [0.25, 0.3) is 0 Å². The quantitative estimate of drug-likeness (QED) is 0.360. The van der Waals surface area contributed by atoms with Crippen LogP contribution < -0.4 is 0 Å². The fourth-order valence-corrected chi connectivity index (χ4v) is 0. The normalized spacial score (nSPS) is 2.40. The molecule has 3 N–H and O–H groups in total. The first-order chi connectivity index (χ1) is 1.41. The van der Waals surface area contributed by atoms with Gasteiger partial charge < -0.3 is 10.6 Å². The van der Waals surface area contributed by atoms with Crippen LogP contribution in [0.2, 0.25) is 0 Å². The second kappa shape index (κ2) is 32.0. The Morgan fingerprint density at radius 3 is 1.60 bits per heavy atom. The van der Waals surface area contributed by atoms with Gasteiger partial charge in [-0.05, 0) is 0 Å². The van der Waals surface area contributed by atoms with Crippen molar-refractivity contribution in [2.45, 2.75) is 0 Å². The molecular formula is CH4MoO3. The molecule has 0 radical (unpaired) electrons. The van der Waals surface area contributed by atoms with E-state index in [2.05, 4.69) is 0 Å². The largest absolute Gasteiger partial charge is 0.483 e. The van der Waals surface area contributed by atoms with E-state index in [1.807, 2.05) is 0 Å². The van der Waals surface area contributed by atoms with Crippen molar-refractivity contribution in [3.8, 4) is 0 Å². The molecule has 0 amide bonds. The van der Waals surface area contributed by atoms with Gasteiger partial charge in [-0.2, -0.15) is 0 Å². The Morgan fingerprint density at radius 1 is 1.60 bits per heavy atom. The van der Waals surface area contributed by atoms with E-state index in [1.54, 1.807) is 0 Å². The monoisotopic (exact) mass is 162 g/mol. The van der Waals surface area contributed by atoms with E-state index in [1.165, 1.54) is 0 Å². The number of hydrogen-bond acceptors (Lipinski definition) is 1. The van der Waals surface area contributed by atoms with Gasteiger partial charge in [-0.1, -0.05) is 0 Å². The average molecular weight is 160 g/mol. The van der Waals surface area contributed by atoms with E-state index in [0.29, 0.717) is 0 Å². The summed E-state index contributed by atoms with van der Waals surface area (Å²) in [7, 11) is 0. The number of carbonyl (C=O) groups is 1. The molecule has 0 aliphatic rings. The second-order valence-corrected chi connectivity index (χ2v) is 0.105. The molecule has 0 rings (SSSR count). The molecule has 0 aliphatic carbocycles. The maximum atomic E-state index is 8.36. The predicted octanol–water partition coefficient (Wildman–Crippen LogP) is -1.13. The third-order valence-electron chi connectivity index (χ3n) is 0. The first-order valence-corrected chi connectivity index (χ1v) is 0.494. The van der Waals surface area contributed by atoms with Gasteiger partial charge in [0.25, 0.3) is 6.47 Å². The molecule has 0 atom stereocenters. The van der Waals surface area contributed by atoms with Crippen LogP contribution in [0.5, 0.6) is 0 Å². The van der Waals surface area contributed by atoms with E-state index < -0.39 is 0 Å². The van der Waals surface area contributed by atoms with Crippen LogP contribution in [0.3, 0.4) is 0 Å². The van der Waals surface area contributed by atoms with Crippen LogP contribution in [0.15, 0.2) is 0 Å². The standard InChI is InChI=1S/CH2O2.Mo.H2O/c2-1-3;;/h1H,(H,2,3);;1H2. The van der Waals surface area contributed by atoms with Crippen molar-refractivity contribution >= 4 is 6.47 Å². The summed E-state index contributed by atoms with van der Waals surface area (Å²) >= 11 is 0. The van der Waals surface area contributed by atoms with Gasteiger partial charge in [0.15, 0.2) is 0 Å². The summed E-state index contributed by atoms with van der Waals surface area (Å²) in [5.74, 6) is 0.